The summed E-state index contributed by atoms with van der Waals surface area (Å²) in [4.78, 5) is 12.5. The lowest BCUT2D eigenvalue weighted by molar-refractivity contribution is -0.0328. The molecule has 4 nitrogen and oxygen atoms in total. The fourth-order valence-corrected chi connectivity index (χ4v) is 3.10. The van der Waals surface area contributed by atoms with Crippen molar-refractivity contribution in [1.82, 2.24) is 0 Å². The Kier molecular flexibility index (Phi) is 6.33. The number of hydrogen-bond acceptors (Lipinski definition) is 4. The quantitative estimate of drug-likeness (QED) is 0.353. The third-order valence-corrected chi connectivity index (χ3v) is 4.75. The van der Waals surface area contributed by atoms with E-state index in [1.54, 1.807) is 48.5 Å². The van der Waals surface area contributed by atoms with E-state index in [0.29, 0.717) is 29.2 Å². The van der Waals surface area contributed by atoms with Crippen LogP contribution in [0.4, 0.5) is 30.2 Å². The second-order valence-electron chi connectivity index (χ2n) is 6.16. The maximum atomic E-state index is 12.4. The summed E-state index contributed by atoms with van der Waals surface area (Å²) in [6.45, 7) is 0.472. The Morgan fingerprint density at radius 3 is 2.21 bits per heavy atom. The van der Waals surface area contributed by atoms with Gasteiger partial charge in [-0.3, -0.25) is 4.79 Å². The van der Waals surface area contributed by atoms with Gasteiger partial charge in [0.2, 0.25) is 0 Å². The Bertz CT molecular complexity index is 974. The summed E-state index contributed by atoms with van der Waals surface area (Å²) in [7, 11) is 0. The highest BCUT2D eigenvalue weighted by Crippen LogP contribution is 2.37. The standard InChI is InChI=1S/C21H18F3N3OS/c22-21(23,24)29-17-11-9-16(10-12-17)26-13-14-5-7-15(8-6-14)20(28)27-19-4-2-1-3-18(19)25/h1-12,26H,13,25H2,(H,27,28). The molecule has 0 radical (unpaired) electrons. The summed E-state index contributed by atoms with van der Waals surface area (Å²) in [5.74, 6) is -0.264. The van der Waals surface area contributed by atoms with Gasteiger partial charge in [0.05, 0.1) is 11.4 Å². The Labute approximate surface area is 170 Å². The number of carbonyl (C=O) groups is 1. The number of para-hydroxylation sites is 2. The minimum Gasteiger partial charge on any atom is -0.397 e. The molecular formula is C21H18F3N3OS. The maximum absolute atomic E-state index is 12.4. The van der Waals surface area contributed by atoms with E-state index in [0.717, 1.165) is 5.56 Å². The smallest absolute Gasteiger partial charge is 0.397 e. The summed E-state index contributed by atoms with van der Waals surface area (Å²) in [5, 5.41) is 5.90. The van der Waals surface area contributed by atoms with Crippen LogP contribution in [0, 0.1) is 0 Å². The third-order valence-electron chi connectivity index (χ3n) is 4.01. The van der Waals surface area contributed by atoms with Gasteiger partial charge >= 0.3 is 5.51 Å². The molecule has 0 fully saturated rings. The van der Waals surface area contributed by atoms with Crippen LogP contribution in [-0.2, 0) is 6.54 Å². The average Bonchev–Trinajstić information content (AvgIpc) is 2.68. The van der Waals surface area contributed by atoms with Crippen LogP contribution >= 0.6 is 11.8 Å². The van der Waals surface area contributed by atoms with Crippen LogP contribution in [0.25, 0.3) is 0 Å². The SMILES string of the molecule is Nc1ccccc1NC(=O)c1ccc(CNc2ccc(SC(F)(F)F)cc2)cc1. The Morgan fingerprint density at radius 1 is 0.931 bits per heavy atom. The monoisotopic (exact) mass is 417 g/mol. The zero-order chi connectivity index (χ0) is 20.9. The number of thioether (sulfide) groups is 1. The van der Waals surface area contributed by atoms with Crippen molar-refractivity contribution in [2.24, 2.45) is 0 Å². The van der Waals surface area contributed by atoms with Crippen molar-refractivity contribution in [2.45, 2.75) is 16.9 Å². The van der Waals surface area contributed by atoms with Crippen LogP contribution in [0.1, 0.15) is 15.9 Å². The number of nitrogens with one attached hydrogen (secondary N) is 2. The van der Waals surface area contributed by atoms with E-state index in [9.17, 15) is 18.0 Å². The number of benzene rings is 3. The van der Waals surface area contributed by atoms with Crippen molar-refractivity contribution in [3.8, 4) is 0 Å². The number of amides is 1. The van der Waals surface area contributed by atoms with Crippen molar-refractivity contribution >= 4 is 34.7 Å². The molecule has 3 aromatic carbocycles. The predicted molar refractivity (Wildman–Crippen MR) is 111 cm³/mol. The van der Waals surface area contributed by atoms with Crippen molar-refractivity contribution in [3.05, 3.63) is 83.9 Å². The Balaban J connectivity index is 1.55. The highest BCUT2D eigenvalue weighted by Gasteiger charge is 2.28. The number of rotatable bonds is 6. The summed E-state index contributed by atoms with van der Waals surface area (Å²) >= 11 is -0.144. The van der Waals surface area contributed by atoms with Gasteiger partial charge in [0.25, 0.3) is 5.91 Å². The van der Waals surface area contributed by atoms with Gasteiger partial charge in [0.1, 0.15) is 0 Å². The first-order chi connectivity index (χ1) is 13.8. The average molecular weight is 417 g/mol. The lowest BCUT2D eigenvalue weighted by atomic mass is 10.1. The van der Waals surface area contributed by atoms with Crippen molar-refractivity contribution in [2.75, 3.05) is 16.4 Å². The van der Waals surface area contributed by atoms with Crippen LogP contribution in [0.5, 0.6) is 0 Å². The molecule has 0 aliphatic heterocycles. The van der Waals surface area contributed by atoms with Gasteiger partial charge < -0.3 is 16.4 Å². The van der Waals surface area contributed by atoms with Crippen molar-refractivity contribution < 1.29 is 18.0 Å². The van der Waals surface area contributed by atoms with Gasteiger partial charge in [0.15, 0.2) is 0 Å². The summed E-state index contributed by atoms with van der Waals surface area (Å²) in [6, 6.07) is 20.1. The molecule has 0 bridgehead atoms. The molecule has 3 aromatic rings. The van der Waals surface area contributed by atoms with E-state index in [1.165, 1.54) is 12.1 Å². The number of hydrogen-bond donors (Lipinski definition) is 3. The van der Waals surface area contributed by atoms with Gasteiger partial charge in [-0.1, -0.05) is 24.3 Å². The molecule has 0 unspecified atom stereocenters. The van der Waals surface area contributed by atoms with E-state index in [2.05, 4.69) is 10.6 Å². The number of anilines is 3. The second kappa shape index (κ2) is 8.91. The van der Waals surface area contributed by atoms with Crippen LogP contribution < -0.4 is 16.4 Å². The van der Waals surface area contributed by atoms with Gasteiger partial charge in [-0.25, -0.2) is 0 Å². The molecule has 0 heterocycles. The minimum absolute atomic E-state index is 0.137. The van der Waals surface area contributed by atoms with Crippen LogP contribution in [0.15, 0.2) is 77.7 Å². The molecule has 8 heteroatoms. The highest BCUT2D eigenvalue weighted by molar-refractivity contribution is 8.00. The minimum atomic E-state index is -4.30. The molecule has 0 aliphatic carbocycles. The number of nitrogens with two attached hydrogens (primary N) is 1. The van der Waals surface area contributed by atoms with Crippen molar-refractivity contribution in [1.29, 1.82) is 0 Å². The Hall–Kier alpha value is -3.13. The summed E-state index contributed by atoms with van der Waals surface area (Å²) in [6.07, 6.45) is 0. The number of alkyl halides is 3. The number of halogens is 3. The topological polar surface area (TPSA) is 67.1 Å². The summed E-state index contributed by atoms with van der Waals surface area (Å²) < 4.78 is 37.1. The first kappa shape index (κ1) is 20.6. The number of carbonyl (C=O) groups excluding carboxylic acids is 1. The van der Waals surface area contributed by atoms with Crippen LogP contribution in [-0.4, -0.2) is 11.4 Å². The molecule has 0 saturated carbocycles. The third kappa shape index (κ3) is 6.18. The molecule has 29 heavy (non-hydrogen) atoms. The largest absolute Gasteiger partial charge is 0.446 e. The van der Waals surface area contributed by atoms with Gasteiger partial charge in [-0.05, 0) is 65.9 Å². The Morgan fingerprint density at radius 2 is 1.59 bits per heavy atom. The zero-order valence-electron chi connectivity index (χ0n) is 15.2. The van der Waals surface area contributed by atoms with E-state index >= 15 is 0 Å². The lowest BCUT2D eigenvalue weighted by Crippen LogP contribution is -2.13. The molecule has 0 aliphatic rings. The van der Waals surface area contributed by atoms with E-state index in [1.807, 2.05) is 12.1 Å². The summed E-state index contributed by atoms with van der Waals surface area (Å²) in [5.41, 5.74) is 4.69. The molecule has 0 aromatic heterocycles. The fourth-order valence-electron chi connectivity index (χ4n) is 2.56. The number of nitrogen functional groups attached to an aromatic ring is 1. The predicted octanol–water partition coefficient (Wildman–Crippen LogP) is 5.75. The van der Waals surface area contributed by atoms with Gasteiger partial charge in [-0.15, -0.1) is 0 Å². The molecule has 0 atom stereocenters. The molecular weight excluding hydrogens is 399 g/mol. The molecule has 1 amide bonds. The molecule has 0 saturated heterocycles. The van der Waals surface area contributed by atoms with E-state index < -0.39 is 5.51 Å². The van der Waals surface area contributed by atoms with Crippen LogP contribution in [0.3, 0.4) is 0 Å². The van der Waals surface area contributed by atoms with E-state index in [4.69, 9.17) is 5.73 Å². The molecule has 4 N–H and O–H groups in total. The zero-order valence-corrected chi connectivity index (χ0v) is 16.0. The van der Waals surface area contributed by atoms with E-state index in [-0.39, 0.29) is 22.6 Å². The van der Waals surface area contributed by atoms with Gasteiger partial charge in [0, 0.05) is 22.7 Å². The fraction of sp³-hybridized carbons (Fsp3) is 0.0952. The second-order valence-corrected chi connectivity index (χ2v) is 7.30. The molecule has 3 rings (SSSR count). The van der Waals surface area contributed by atoms with Gasteiger partial charge in [-0.2, -0.15) is 13.2 Å². The first-order valence-corrected chi connectivity index (χ1v) is 9.46. The molecule has 0 spiro atoms. The van der Waals surface area contributed by atoms with Crippen molar-refractivity contribution in [3.63, 3.8) is 0 Å². The highest BCUT2D eigenvalue weighted by atomic mass is 32.2. The maximum Gasteiger partial charge on any atom is 0.446 e. The molecule has 150 valence electrons. The van der Waals surface area contributed by atoms with Crippen LogP contribution in [0.2, 0.25) is 0 Å². The normalized spacial score (nSPS) is 11.1. The first-order valence-electron chi connectivity index (χ1n) is 8.65. The lowest BCUT2D eigenvalue weighted by Gasteiger charge is -2.10.